The summed E-state index contributed by atoms with van der Waals surface area (Å²) in [6, 6.07) is 6.44. The Hall–Kier alpha value is -0.730. The molecule has 0 aromatic heterocycles. The molecule has 1 aromatic rings. The summed E-state index contributed by atoms with van der Waals surface area (Å²) in [5.41, 5.74) is 8.59. The third-order valence-electron chi connectivity index (χ3n) is 5.14. The molecular weight excluding hydrogens is 268 g/mol. The second kappa shape index (κ2) is 6.82. The molecule has 3 heteroatoms. The minimum Gasteiger partial charge on any atom is -0.371 e. The van der Waals surface area contributed by atoms with Crippen LogP contribution in [0.15, 0.2) is 18.2 Å². The van der Waals surface area contributed by atoms with E-state index in [0.717, 1.165) is 30.1 Å². The van der Waals surface area contributed by atoms with Crippen molar-refractivity contribution in [2.45, 2.75) is 46.0 Å². The van der Waals surface area contributed by atoms with Crippen LogP contribution in [-0.4, -0.2) is 19.6 Å². The fourth-order valence-corrected chi connectivity index (χ4v) is 3.56. The molecular formula is C17H27ClN2. The normalized spacial score (nSPS) is 18.3. The lowest BCUT2D eigenvalue weighted by Crippen LogP contribution is -2.39. The van der Waals surface area contributed by atoms with Gasteiger partial charge in [-0.05, 0) is 48.9 Å². The standard InChI is InChI=1S/C17H27ClN2/c1-3-17(4-2)8-11-20(12-9-17)15-6-5-14(7-10-19)16(18)13-15/h5-6,13H,3-4,7-12,19H2,1-2H3. The van der Waals surface area contributed by atoms with Gasteiger partial charge in [-0.15, -0.1) is 0 Å². The molecule has 0 unspecified atom stereocenters. The number of halogens is 1. The molecule has 0 bridgehead atoms. The molecule has 1 fully saturated rings. The van der Waals surface area contributed by atoms with Crippen LogP contribution in [0.2, 0.25) is 5.02 Å². The molecule has 0 saturated carbocycles. The first kappa shape index (κ1) is 15.7. The Morgan fingerprint density at radius 2 is 1.85 bits per heavy atom. The third-order valence-corrected chi connectivity index (χ3v) is 5.49. The number of anilines is 1. The van der Waals surface area contributed by atoms with Crippen LogP contribution in [0.4, 0.5) is 5.69 Å². The molecule has 2 N–H and O–H groups in total. The fourth-order valence-electron chi connectivity index (χ4n) is 3.29. The number of hydrogen-bond donors (Lipinski definition) is 1. The zero-order valence-electron chi connectivity index (χ0n) is 12.8. The van der Waals surface area contributed by atoms with Crippen LogP contribution in [0.5, 0.6) is 0 Å². The zero-order valence-corrected chi connectivity index (χ0v) is 13.5. The van der Waals surface area contributed by atoms with E-state index in [9.17, 15) is 0 Å². The van der Waals surface area contributed by atoms with Crippen LogP contribution in [0.25, 0.3) is 0 Å². The van der Waals surface area contributed by atoms with Crippen molar-refractivity contribution in [1.82, 2.24) is 0 Å². The largest absolute Gasteiger partial charge is 0.371 e. The first-order valence-corrected chi connectivity index (χ1v) is 8.25. The highest BCUT2D eigenvalue weighted by molar-refractivity contribution is 6.31. The molecule has 1 aliphatic heterocycles. The lowest BCUT2D eigenvalue weighted by molar-refractivity contribution is 0.199. The minimum atomic E-state index is 0.569. The molecule has 1 aliphatic rings. The van der Waals surface area contributed by atoms with Gasteiger partial charge in [0.15, 0.2) is 0 Å². The third kappa shape index (κ3) is 3.29. The first-order chi connectivity index (χ1) is 9.64. The van der Waals surface area contributed by atoms with E-state index in [-0.39, 0.29) is 0 Å². The quantitative estimate of drug-likeness (QED) is 0.880. The summed E-state index contributed by atoms with van der Waals surface area (Å²) >= 11 is 6.36. The summed E-state index contributed by atoms with van der Waals surface area (Å²) in [6.07, 6.45) is 6.04. The maximum Gasteiger partial charge on any atom is 0.0459 e. The van der Waals surface area contributed by atoms with Gasteiger partial charge >= 0.3 is 0 Å². The molecule has 0 spiro atoms. The number of benzene rings is 1. The molecule has 1 saturated heterocycles. The molecule has 1 aromatic carbocycles. The van der Waals surface area contributed by atoms with E-state index in [1.165, 1.54) is 31.4 Å². The summed E-state index contributed by atoms with van der Waals surface area (Å²) in [5, 5.41) is 0.857. The highest BCUT2D eigenvalue weighted by Gasteiger charge is 2.31. The van der Waals surface area contributed by atoms with Crippen molar-refractivity contribution in [2.75, 3.05) is 24.5 Å². The van der Waals surface area contributed by atoms with Crippen molar-refractivity contribution in [3.8, 4) is 0 Å². The van der Waals surface area contributed by atoms with E-state index in [4.69, 9.17) is 17.3 Å². The fraction of sp³-hybridized carbons (Fsp3) is 0.647. The van der Waals surface area contributed by atoms with Crippen LogP contribution in [0.3, 0.4) is 0 Å². The smallest absolute Gasteiger partial charge is 0.0459 e. The topological polar surface area (TPSA) is 29.3 Å². The van der Waals surface area contributed by atoms with Gasteiger partial charge in [0.1, 0.15) is 0 Å². The molecule has 2 nitrogen and oxygen atoms in total. The van der Waals surface area contributed by atoms with Gasteiger partial charge in [0.05, 0.1) is 0 Å². The van der Waals surface area contributed by atoms with E-state index in [1.807, 2.05) is 0 Å². The van der Waals surface area contributed by atoms with Gasteiger partial charge in [0.2, 0.25) is 0 Å². The molecule has 0 aliphatic carbocycles. The predicted molar refractivity (Wildman–Crippen MR) is 88.7 cm³/mol. The lowest BCUT2D eigenvalue weighted by Gasteiger charge is -2.42. The average Bonchev–Trinajstić information content (AvgIpc) is 2.49. The van der Waals surface area contributed by atoms with Crippen LogP contribution in [0, 0.1) is 5.41 Å². The Morgan fingerprint density at radius 1 is 1.20 bits per heavy atom. The Balaban J connectivity index is 2.05. The van der Waals surface area contributed by atoms with Gasteiger partial charge in [-0.25, -0.2) is 0 Å². The minimum absolute atomic E-state index is 0.569. The monoisotopic (exact) mass is 294 g/mol. The first-order valence-electron chi connectivity index (χ1n) is 7.87. The number of nitrogens with two attached hydrogens (primary N) is 1. The zero-order chi connectivity index (χ0) is 14.6. The average molecular weight is 295 g/mol. The summed E-state index contributed by atoms with van der Waals surface area (Å²) in [7, 11) is 0. The molecule has 1 heterocycles. The van der Waals surface area contributed by atoms with Gasteiger partial charge in [-0.3, -0.25) is 0 Å². The van der Waals surface area contributed by atoms with Crippen molar-refractivity contribution < 1.29 is 0 Å². The van der Waals surface area contributed by atoms with Crippen LogP contribution in [-0.2, 0) is 6.42 Å². The Labute approximate surface area is 128 Å². The van der Waals surface area contributed by atoms with Crippen molar-refractivity contribution in [3.05, 3.63) is 28.8 Å². The predicted octanol–water partition coefficient (Wildman–Crippen LogP) is 4.25. The Kier molecular flexibility index (Phi) is 5.34. The number of piperidine rings is 1. The molecule has 0 radical (unpaired) electrons. The number of hydrogen-bond acceptors (Lipinski definition) is 2. The van der Waals surface area contributed by atoms with E-state index in [0.29, 0.717) is 12.0 Å². The maximum atomic E-state index is 6.36. The SMILES string of the molecule is CCC1(CC)CCN(c2ccc(CCN)c(Cl)c2)CC1. The molecule has 2 rings (SSSR count). The van der Waals surface area contributed by atoms with Gasteiger partial charge in [0.25, 0.3) is 0 Å². The second-order valence-corrected chi connectivity index (χ2v) is 6.42. The second-order valence-electron chi connectivity index (χ2n) is 6.01. The van der Waals surface area contributed by atoms with Crippen molar-refractivity contribution in [2.24, 2.45) is 11.1 Å². The summed E-state index contributed by atoms with van der Waals surface area (Å²) in [5.74, 6) is 0. The lowest BCUT2D eigenvalue weighted by atomic mass is 9.74. The van der Waals surface area contributed by atoms with Gasteiger partial charge in [-0.2, -0.15) is 0 Å². The van der Waals surface area contributed by atoms with Crippen LogP contribution >= 0.6 is 11.6 Å². The summed E-state index contributed by atoms with van der Waals surface area (Å²) in [6.45, 7) is 7.61. The van der Waals surface area contributed by atoms with E-state index in [1.54, 1.807) is 0 Å². The maximum absolute atomic E-state index is 6.36. The van der Waals surface area contributed by atoms with Gasteiger partial charge in [-0.1, -0.05) is 44.4 Å². The van der Waals surface area contributed by atoms with Crippen molar-refractivity contribution in [3.63, 3.8) is 0 Å². The number of rotatable bonds is 5. The van der Waals surface area contributed by atoms with Crippen LogP contribution in [0.1, 0.15) is 45.1 Å². The van der Waals surface area contributed by atoms with E-state index >= 15 is 0 Å². The van der Waals surface area contributed by atoms with E-state index < -0.39 is 0 Å². The van der Waals surface area contributed by atoms with Gasteiger partial charge in [0, 0.05) is 23.8 Å². The van der Waals surface area contributed by atoms with E-state index in [2.05, 4.69) is 36.9 Å². The van der Waals surface area contributed by atoms with Crippen molar-refractivity contribution in [1.29, 1.82) is 0 Å². The molecule has 20 heavy (non-hydrogen) atoms. The van der Waals surface area contributed by atoms with Gasteiger partial charge < -0.3 is 10.6 Å². The molecule has 0 atom stereocenters. The Bertz CT molecular complexity index is 431. The van der Waals surface area contributed by atoms with Crippen molar-refractivity contribution >= 4 is 17.3 Å². The summed E-state index contributed by atoms with van der Waals surface area (Å²) < 4.78 is 0. The number of nitrogens with zero attached hydrogens (tertiary/aromatic N) is 1. The highest BCUT2D eigenvalue weighted by atomic mass is 35.5. The summed E-state index contributed by atoms with van der Waals surface area (Å²) in [4.78, 5) is 2.47. The highest BCUT2D eigenvalue weighted by Crippen LogP contribution is 2.39. The van der Waals surface area contributed by atoms with Crippen LogP contribution < -0.4 is 10.6 Å². The molecule has 112 valence electrons. The Morgan fingerprint density at radius 3 is 2.35 bits per heavy atom. The molecule has 0 amide bonds.